The molecule has 0 fully saturated rings. The van der Waals surface area contributed by atoms with Crippen LogP contribution in [-0.4, -0.2) is 23.0 Å². The first-order valence-electron chi connectivity index (χ1n) is 8.39. The molecule has 8 heteroatoms. The Labute approximate surface area is 160 Å². The van der Waals surface area contributed by atoms with Crippen molar-refractivity contribution in [2.75, 3.05) is 17.7 Å². The second-order valence-electron chi connectivity index (χ2n) is 6.13. The highest BCUT2D eigenvalue weighted by atomic mass is 19.2. The summed E-state index contributed by atoms with van der Waals surface area (Å²) in [5, 5.41) is 5.53. The van der Waals surface area contributed by atoms with Crippen LogP contribution >= 0.6 is 0 Å². The van der Waals surface area contributed by atoms with Crippen LogP contribution < -0.4 is 15.4 Å². The van der Waals surface area contributed by atoms with E-state index in [0.29, 0.717) is 17.1 Å². The van der Waals surface area contributed by atoms with E-state index in [1.54, 1.807) is 14.0 Å². The minimum atomic E-state index is -1.05. The number of nitrogens with zero attached hydrogens (tertiary/aromatic N) is 2. The van der Waals surface area contributed by atoms with Gasteiger partial charge in [0, 0.05) is 17.4 Å². The van der Waals surface area contributed by atoms with Crippen molar-refractivity contribution in [2.45, 2.75) is 13.8 Å². The van der Waals surface area contributed by atoms with Crippen LogP contribution in [-0.2, 0) is 0 Å². The number of amides is 1. The number of halogens is 2. The van der Waals surface area contributed by atoms with Crippen molar-refractivity contribution in [3.8, 4) is 5.75 Å². The average Bonchev–Trinajstić information content (AvgIpc) is 2.64. The Kier molecular flexibility index (Phi) is 5.49. The van der Waals surface area contributed by atoms with Gasteiger partial charge in [0.15, 0.2) is 11.6 Å². The normalized spacial score (nSPS) is 10.5. The molecular weight excluding hydrogens is 366 g/mol. The zero-order valence-electron chi connectivity index (χ0n) is 15.5. The SMILES string of the molecule is COc1ccc(C)cc1Nc1nc(C)cc(C(=O)Nc2ccc(F)c(F)c2)n1. The van der Waals surface area contributed by atoms with Crippen molar-refractivity contribution in [3.63, 3.8) is 0 Å². The van der Waals surface area contributed by atoms with Crippen molar-refractivity contribution in [3.05, 3.63) is 71.1 Å². The summed E-state index contributed by atoms with van der Waals surface area (Å²) in [6.45, 7) is 3.65. The standard InChI is InChI=1S/C20H18F2N4O2/c1-11-4-7-18(28-3)16(8-11)25-20-23-12(2)9-17(26-20)19(27)24-13-5-6-14(21)15(22)10-13/h4-10H,1-3H3,(H,24,27)(H,23,25,26). The number of hydrogen-bond acceptors (Lipinski definition) is 5. The van der Waals surface area contributed by atoms with Gasteiger partial charge in [0.2, 0.25) is 5.95 Å². The second kappa shape index (κ2) is 7.99. The van der Waals surface area contributed by atoms with E-state index in [0.717, 1.165) is 17.7 Å². The van der Waals surface area contributed by atoms with Gasteiger partial charge >= 0.3 is 0 Å². The van der Waals surface area contributed by atoms with Gasteiger partial charge in [0.1, 0.15) is 11.4 Å². The van der Waals surface area contributed by atoms with E-state index in [2.05, 4.69) is 20.6 Å². The third-order valence-electron chi connectivity index (χ3n) is 3.87. The quantitative estimate of drug-likeness (QED) is 0.683. The predicted molar refractivity (Wildman–Crippen MR) is 102 cm³/mol. The van der Waals surface area contributed by atoms with E-state index < -0.39 is 17.5 Å². The van der Waals surface area contributed by atoms with Gasteiger partial charge in [-0.3, -0.25) is 4.79 Å². The molecule has 3 rings (SSSR count). The van der Waals surface area contributed by atoms with E-state index in [9.17, 15) is 13.6 Å². The van der Waals surface area contributed by atoms with Crippen LogP contribution in [0.4, 0.5) is 26.1 Å². The molecule has 144 valence electrons. The lowest BCUT2D eigenvalue weighted by Gasteiger charge is -2.12. The Morgan fingerprint density at radius 1 is 1.00 bits per heavy atom. The summed E-state index contributed by atoms with van der Waals surface area (Å²) >= 11 is 0. The average molecular weight is 384 g/mol. The molecule has 2 N–H and O–H groups in total. The first-order chi connectivity index (χ1) is 13.4. The molecule has 1 amide bonds. The maximum Gasteiger partial charge on any atom is 0.274 e. The summed E-state index contributed by atoms with van der Waals surface area (Å²) in [5.74, 6) is -1.81. The molecule has 0 aliphatic carbocycles. The lowest BCUT2D eigenvalue weighted by molar-refractivity contribution is 0.102. The van der Waals surface area contributed by atoms with E-state index in [4.69, 9.17) is 4.74 Å². The number of ether oxygens (including phenoxy) is 1. The number of aryl methyl sites for hydroxylation is 2. The molecule has 28 heavy (non-hydrogen) atoms. The summed E-state index contributed by atoms with van der Waals surface area (Å²) in [4.78, 5) is 21.0. The molecule has 0 spiro atoms. The maximum atomic E-state index is 13.3. The number of aromatic nitrogens is 2. The van der Waals surface area contributed by atoms with Gasteiger partial charge in [0.25, 0.3) is 5.91 Å². The molecule has 0 aliphatic heterocycles. The maximum absolute atomic E-state index is 13.3. The van der Waals surface area contributed by atoms with E-state index >= 15 is 0 Å². The fourth-order valence-electron chi connectivity index (χ4n) is 2.55. The summed E-state index contributed by atoms with van der Waals surface area (Å²) in [5.41, 5.74) is 2.41. The number of benzene rings is 2. The summed E-state index contributed by atoms with van der Waals surface area (Å²) in [6.07, 6.45) is 0. The molecule has 2 aromatic carbocycles. The molecular formula is C20H18F2N4O2. The Hall–Kier alpha value is -3.55. The molecule has 0 radical (unpaired) electrons. The molecule has 3 aromatic rings. The number of methoxy groups -OCH3 is 1. The van der Waals surface area contributed by atoms with Crippen LogP contribution in [0.25, 0.3) is 0 Å². The Bertz CT molecular complexity index is 1040. The van der Waals surface area contributed by atoms with Crippen molar-refractivity contribution < 1.29 is 18.3 Å². The fraction of sp³-hybridized carbons (Fsp3) is 0.150. The molecule has 0 aliphatic rings. The number of carbonyl (C=O) groups excluding carboxylic acids is 1. The third kappa shape index (κ3) is 4.40. The van der Waals surface area contributed by atoms with Gasteiger partial charge in [-0.2, -0.15) is 0 Å². The van der Waals surface area contributed by atoms with Gasteiger partial charge in [-0.15, -0.1) is 0 Å². The Morgan fingerprint density at radius 2 is 1.79 bits per heavy atom. The van der Waals surface area contributed by atoms with Gasteiger partial charge in [-0.1, -0.05) is 6.07 Å². The Balaban J connectivity index is 1.86. The predicted octanol–water partition coefficient (Wildman–Crippen LogP) is 4.38. The minimum Gasteiger partial charge on any atom is -0.495 e. The first kappa shape index (κ1) is 19.2. The summed E-state index contributed by atoms with van der Waals surface area (Å²) in [6, 6.07) is 10.2. The van der Waals surface area contributed by atoms with Crippen LogP contribution in [0.5, 0.6) is 5.75 Å². The minimum absolute atomic E-state index is 0.0753. The fourth-order valence-corrected chi connectivity index (χ4v) is 2.55. The molecule has 1 aromatic heterocycles. The van der Waals surface area contributed by atoms with Crippen LogP contribution in [0.2, 0.25) is 0 Å². The molecule has 0 saturated heterocycles. The molecule has 0 bridgehead atoms. The molecule has 0 unspecified atom stereocenters. The summed E-state index contributed by atoms with van der Waals surface area (Å²) < 4.78 is 31.7. The van der Waals surface area contributed by atoms with Gasteiger partial charge in [-0.25, -0.2) is 18.7 Å². The first-order valence-corrected chi connectivity index (χ1v) is 8.39. The smallest absolute Gasteiger partial charge is 0.274 e. The van der Waals surface area contributed by atoms with Gasteiger partial charge < -0.3 is 15.4 Å². The van der Waals surface area contributed by atoms with E-state index in [-0.39, 0.29) is 17.3 Å². The lowest BCUT2D eigenvalue weighted by Crippen LogP contribution is -2.16. The van der Waals surface area contributed by atoms with Gasteiger partial charge in [-0.05, 0) is 49.7 Å². The number of carbonyl (C=O) groups is 1. The number of nitrogens with one attached hydrogen (secondary N) is 2. The molecule has 0 saturated carbocycles. The van der Waals surface area contributed by atoms with Crippen LogP contribution in [0.15, 0.2) is 42.5 Å². The van der Waals surface area contributed by atoms with Crippen molar-refractivity contribution in [1.29, 1.82) is 0 Å². The second-order valence-corrected chi connectivity index (χ2v) is 6.13. The molecule has 0 atom stereocenters. The van der Waals surface area contributed by atoms with Crippen LogP contribution in [0, 0.1) is 25.5 Å². The number of anilines is 3. The lowest BCUT2D eigenvalue weighted by atomic mass is 10.2. The zero-order chi connectivity index (χ0) is 20.3. The highest BCUT2D eigenvalue weighted by molar-refractivity contribution is 6.03. The third-order valence-corrected chi connectivity index (χ3v) is 3.87. The van der Waals surface area contributed by atoms with E-state index in [1.165, 1.54) is 12.1 Å². The molecule has 1 heterocycles. The molecule has 6 nitrogen and oxygen atoms in total. The summed E-state index contributed by atoms with van der Waals surface area (Å²) in [7, 11) is 1.55. The van der Waals surface area contributed by atoms with Crippen molar-refractivity contribution >= 4 is 23.2 Å². The van der Waals surface area contributed by atoms with Crippen LogP contribution in [0.1, 0.15) is 21.7 Å². The monoisotopic (exact) mass is 384 g/mol. The highest BCUT2D eigenvalue weighted by Crippen LogP contribution is 2.27. The van der Waals surface area contributed by atoms with Gasteiger partial charge in [0.05, 0.1) is 12.8 Å². The number of hydrogen-bond donors (Lipinski definition) is 2. The van der Waals surface area contributed by atoms with Crippen molar-refractivity contribution in [1.82, 2.24) is 9.97 Å². The zero-order valence-corrected chi connectivity index (χ0v) is 15.5. The van der Waals surface area contributed by atoms with E-state index in [1.807, 2.05) is 25.1 Å². The highest BCUT2D eigenvalue weighted by Gasteiger charge is 2.13. The largest absolute Gasteiger partial charge is 0.495 e. The topological polar surface area (TPSA) is 76.1 Å². The van der Waals surface area contributed by atoms with Crippen molar-refractivity contribution in [2.24, 2.45) is 0 Å². The number of rotatable bonds is 5. The van der Waals surface area contributed by atoms with Crippen LogP contribution in [0.3, 0.4) is 0 Å². The Morgan fingerprint density at radius 3 is 2.50 bits per heavy atom.